The van der Waals surface area contributed by atoms with Crippen LogP contribution in [0.15, 0.2) is 79.1 Å². The average molecular weight is 693 g/mol. The number of likely N-dealkylation sites (tertiary alicyclic amines) is 1. The average Bonchev–Trinajstić information content (AvgIpc) is 3.36. The van der Waals surface area contributed by atoms with Gasteiger partial charge in [-0.05, 0) is 72.4 Å². The zero-order valence-electron chi connectivity index (χ0n) is 28.1. The van der Waals surface area contributed by atoms with Crippen molar-refractivity contribution in [2.45, 2.75) is 44.6 Å². The molecule has 1 saturated heterocycles. The highest BCUT2D eigenvalue weighted by molar-refractivity contribution is 6.01. The van der Waals surface area contributed by atoms with Crippen LogP contribution in [0.3, 0.4) is 0 Å². The number of rotatable bonds is 2. The second-order valence-corrected chi connectivity index (χ2v) is 13.1. The summed E-state index contributed by atoms with van der Waals surface area (Å²) in [5.74, 6) is -1.75. The molecule has 1 fully saturated rings. The van der Waals surface area contributed by atoms with E-state index in [9.17, 15) is 23.6 Å². The summed E-state index contributed by atoms with van der Waals surface area (Å²) in [6, 6.07) is 17.7. The van der Waals surface area contributed by atoms with Gasteiger partial charge in [-0.3, -0.25) is 19.2 Å². The summed E-state index contributed by atoms with van der Waals surface area (Å²) in [4.78, 5) is 59.1. The molecule has 0 spiro atoms. The maximum absolute atomic E-state index is 15.0. The van der Waals surface area contributed by atoms with E-state index in [2.05, 4.69) is 21.6 Å². The number of hydrogen-bond acceptors (Lipinski definition) is 8. The number of nitrogens with one attached hydrogen (secondary N) is 1. The number of halogens is 1. The minimum Gasteiger partial charge on any atom is -0.457 e. The number of aryl methyl sites for hydroxylation is 1. The van der Waals surface area contributed by atoms with Gasteiger partial charge < -0.3 is 29.5 Å². The molecule has 262 valence electrons. The van der Waals surface area contributed by atoms with Gasteiger partial charge in [0, 0.05) is 50.4 Å². The smallest absolute Gasteiger partial charge is 0.255 e. The number of piperidine rings is 1. The van der Waals surface area contributed by atoms with Crippen LogP contribution in [0.2, 0.25) is 0 Å². The molecule has 0 aliphatic carbocycles. The van der Waals surface area contributed by atoms with Gasteiger partial charge in [-0.2, -0.15) is 10.2 Å². The van der Waals surface area contributed by atoms with E-state index in [0.29, 0.717) is 37.2 Å². The molecule has 4 aromatic rings. The summed E-state index contributed by atoms with van der Waals surface area (Å²) >= 11 is 0. The van der Waals surface area contributed by atoms with Crippen LogP contribution in [-0.4, -0.2) is 93.9 Å². The Morgan fingerprint density at radius 3 is 2.51 bits per heavy atom. The molecule has 13 heteroatoms. The summed E-state index contributed by atoms with van der Waals surface area (Å²) in [5.41, 5.74) is 3.47. The lowest BCUT2D eigenvalue weighted by atomic mass is 10.0. The first-order valence-electron chi connectivity index (χ1n) is 16.9. The van der Waals surface area contributed by atoms with E-state index < -0.39 is 29.8 Å². The molecule has 1 aromatic heterocycles. The van der Waals surface area contributed by atoms with Crippen LogP contribution in [0.1, 0.15) is 60.6 Å². The largest absolute Gasteiger partial charge is 0.457 e. The molecule has 0 saturated carbocycles. The minimum absolute atomic E-state index is 0.00593. The van der Waals surface area contributed by atoms with Crippen molar-refractivity contribution >= 4 is 23.6 Å². The van der Waals surface area contributed by atoms with Crippen molar-refractivity contribution in [3.05, 3.63) is 118 Å². The van der Waals surface area contributed by atoms with Crippen molar-refractivity contribution in [3.63, 3.8) is 0 Å². The Balaban J connectivity index is 1.18. The molecule has 12 nitrogen and oxygen atoms in total. The van der Waals surface area contributed by atoms with E-state index in [4.69, 9.17) is 9.47 Å². The third kappa shape index (κ3) is 7.73. The molecule has 4 amide bonds. The summed E-state index contributed by atoms with van der Waals surface area (Å²) in [5, 5.41) is 10.5. The van der Waals surface area contributed by atoms with Crippen LogP contribution in [0.5, 0.6) is 11.5 Å². The molecule has 4 heterocycles. The van der Waals surface area contributed by atoms with Crippen LogP contribution in [-0.2, 0) is 29.1 Å². The summed E-state index contributed by atoms with van der Waals surface area (Å²) in [6.07, 6.45) is 4.33. The van der Waals surface area contributed by atoms with Gasteiger partial charge in [0.25, 0.3) is 17.7 Å². The molecule has 3 aliphatic rings. The third-order valence-corrected chi connectivity index (χ3v) is 9.41. The Bertz CT molecular complexity index is 1980. The van der Waals surface area contributed by atoms with Gasteiger partial charge in [0.1, 0.15) is 17.3 Å². The number of aromatic nitrogens is 2. The van der Waals surface area contributed by atoms with Gasteiger partial charge >= 0.3 is 0 Å². The van der Waals surface area contributed by atoms with Crippen LogP contribution < -0.4 is 10.1 Å². The normalized spacial score (nSPS) is 19.6. The fraction of sp³-hybridized carbons (Fsp3) is 0.316. The Kier molecular flexibility index (Phi) is 9.71. The lowest BCUT2D eigenvalue weighted by molar-refractivity contribution is -0.124. The number of carbonyl (C=O) groups excluding carboxylic acids is 4. The van der Waals surface area contributed by atoms with Crippen molar-refractivity contribution < 1.29 is 33.0 Å². The van der Waals surface area contributed by atoms with Gasteiger partial charge in [-0.25, -0.2) is 4.39 Å². The number of nitrogens with zero attached hydrogens (tertiary/aromatic N) is 5. The highest BCUT2D eigenvalue weighted by Crippen LogP contribution is 2.29. The number of ether oxygens (including phenoxy) is 2. The quantitative estimate of drug-likeness (QED) is 0.334. The van der Waals surface area contributed by atoms with Crippen LogP contribution in [0, 0.1) is 5.82 Å². The topological polar surface area (TPSA) is 134 Å². The molecular formula is C38H37FN6O6. The van der Waals surface area contributed by atoms with E-state index in [-0.39, 0.29) is 54.1 Å². The lowest BCUT2D eigenvalue weighted by Crippen LogP contribution is -2.58. The molecule has 3 aliphatic heterocycles. The molecule has 1 N–H and O–H groups in total. The molecule has 7 rings (SSSR count). The zero-order chi connectivity index (χ0) is 35.5. The fourth-order valence-corrected chi connectivity index (χ4v) is 6.88. The number of carbonyl (C=O) groups is 4. The van der Waals surface area contributed by atoms with Gasteiger partial charge in [0.15, 0.2) is 0 Å². The van der Waals surface area contributed by atoms with Gasteiger partial charge in [0.2, 0.25) is 5.91 Å². The molecule has 2 atom stereocenters. The maximum Gasteiger partial charge on any atom is 0.255 e. The first-order chi connectivity index (χ1) is 24.7. The van der Waals surface area contributed by atoms with Gasteiger partial charge in [-0.1, -0.05) is 24.3 Å². The number of benzene rings is 3. The first kappa shape index (κ1) is 33.8. The number of hydrogen-bond donors (Lipinski definition) is 1. The lowest BCUT2D eigenvalue weighted by Gasteiger charge is -2.39. The first-order valence-corrected chi connectivity index (χ1v) is 16.9. The molecular weight excluding hydrogens is 655 g/mol. The predicted octanol–water partition coefficient (Wildman–Crippen LogP) is 4.00. The number of likely N-dealkylation sites (N-methyl/N-ethyl adjacent to an activating group) is 1. The number of fused-ring (bicyclic) bond motifs is 6. The minimum atomic E-state index is -0.628. The van der Waals surface area contributed by atoms with Crippen molar-refractivity contribution in [3.8, 4) is 11.5 Å². The molecule has 0 radical (unpaired) electrons. The van der Waals surface area contributed by atoms with Crippen LogP contribution in [0.4, 0.5) is 4.39 Å². The van der Waals surface area contributed by atoms with Gasteiger partial charge in [0.05, 0.1) is 43.3 Å². The standard InChI is InChI=1S/C38H37FN6O6/c1-43-22-35(46)42-33-21-45(37(48)26-8-10-40-41-19-26)12-9-34(33)50-23-24-13-30(39)18-31(14-24)51-32-16-28(36(43)47)15-29(17-32)38(49)44-11-4-7-25-5-2-3-6-27(25)20-44/h2-3,5-6,8,10,13-19,33-34H,4,7,9,11-12,20-23H2,1H3,(H,42,46)/t33-,34+/m1/s1. The Labute approximate surface area is 294 Å². The van der Waals surface area contributed by atoms with E-state index in [1.54, 1.807) is 28.0 Å². The van der Waals surface area contributed by atoms with E-state index >= 15 is 0 Å². The van der Waals surface area contributed by atoms with E-state index in [0.717, 1.165) is 18.4 Å². The maximum atomic E-state index is 15.0. The summed E-state index contributed by atoms with van der Waals surface area (Å²) in [7, 11) is 1.49. The zero-order valence-corrected chi connectivity index (χ0v) is 28.1. The third-order valence-electron chi connectivity index (χ3n) is 9.41. The van der Waals surface area contributed by atoms with Gasteiger partial charge in [-0.15, -0.1) is 0 Å². The molecule has 3 aromatic carbocycles. The molecule has 51 heavy (non-hydrogen) atoms. The monoisotopic (exact) mass is 692 g/mol. The fourth-order valence-electron chi connectivity index (χ4n) is 6.88. The van der Waals surface area contributed by atoms with Crippen molar-refractivity contribution in [1.82, 2.24) is 30.2 Å². The van der Waals surface area contributed by atoms with Crippen molar-refractivity contribution in [1.29, 1.82) is 0 Å². The summed E-state index contributed by atoms with van der Waals surface area (Å²) in [6.45, 7) is 1.15. The Morgan fingerprint density at radius 2 is 1.69 bits per heavy atom. The second kappa shape index (κ2) is 14.7. The van der Waals surface area contributed by atoms with Crippen molar-refractivity contribution in [2.24, 2.45) is 0 Å². The highest BCUT2D eigenvalue weighted by Gasteiger charge is 2.34. The molecule has 4 bridgehead atoms. The molecule has 0 unspecified atom stereocenters. The highest BCUT2D eigenvalue weighted by atomic mass is 19.1. The van der Waals surface area contributed by atoms with E-state index in [1.807, 2.05) is 18.2 Å². The van der Waals surface area contributed by atoms with E-state index in [1.165, 1.54) is 54.2 Å². The Morgan fingerprint density at radius 1 is 0.882 bits per heavy atom. The number of amides is 4. The van der Waals surface area contributed by atoms with Crippen molar-refractivity contribution in [2.75, 3.05) is 33.2 Å². The van der Waals surface area contributed by atoms with Crippen LogP contribution in [0.25, 0.3) is 0 Å². The Hall–Kier alpha value is -5.69. The SMILES string of the molecule is CN1CC(=O)N[C@@H]2CN(C(=O)c3ccnnc3)CC[C@@H]2OCc2cc(F)cc(c2)Oc2cc(cc(C(=O)N3CCCc4ccccc4C3)c2)C1=O. The second-order valence-electron chi connectivity index (χ2n) is 13.1. The van der Waals surface area contributed by atoms with Crippen LogP contribution >= 0.6 is 0 Å². The predicted molar refractivity (Wildman–Crippen MR) is 182 cm³/mol. The summed E-state index contributed by atoms with van der Waals surface area (Å²) < 4.78 is 27.3.